The molecule has 4 heteroatoms. The zero-order valence-electron chi connectivity index (χ0n) is 15.7. The number of allylic oxidation sites excluding steroid dienone is 1. The summed E-state index contributed by atoms with van der Waals surface area (Å²) in [6.07, 6.45) is 1.76. The molecule has 28 heavy (non-hydrogen) atoms. The van der Waals surface area contributed by atoms with Crippen LogP contribution < -0.4 is 9.47 Å². The number of nitrogens with zero attached hydrogens (tertiary/aromatic N) is 1. The lowest BCUT2D eigenvalue weighted by Crippen LogP contribution is -2.10. The van der Waals surface area contributed by atoms with E-state index in [2.05, 4.69) is 6.07 Å². The fourth-order valence-electron chi connectivity index (χ4n) is 2.75. The Morgan fingerprint density at radius 1 is 0.964 bits per heavy atom. The summed E-state index contributed by atoms with van der Waals surface area (Å²) in [7, 11) is 1.60. The zero-order chi connectivity index (χ0) is 19.9. The molecule has 0 aliphatic rings. The monoisotopic (exact) mass is 369 g/mol. The smallest absolute Gasteiger partial charge is 0.343 e. The summed E-state index contributed by atoms with van der Waals surface area (Å²) in [4.78, 5) is 12.4. The number of carbonyl (C=O) groups excluding carboxylic acids is 1. The zero-order valence-corrected chi connectivity index (χ0v) is 15.7. The highest BCUT2D eigenvalue weighted by Crippen LogP contribution is 2.23. The Morgan fingerprint density at radius 3 is 2.39 bits per heavy atom. The van der Waals surface area contributed by atoms with Crippen molar-refractivity contribution >= 4 is 17.6 Å². The summed E-state index contributed by atoms with van der Waals surface area (Å²) in [6, 6.07) is 23.8. The van der Waals surface area contributed by atoms with E-state index in [0.717, 1.165) is 22.4 Å². The van der Waals surface area contributed by atoms with Gasteiger partial charge in [0.25, 0.3) is 0 Å². The van der Waals surface area contributed by atoms with E-state index in [4.69, 9.17) is 9.47 Å². The molecule has 0 atom stereocenters. The molecule has 4 nitrogen and oxygen atoms in total. The van der Waals surface area contributed by atoms with Crippen LogP contribution in [0.25, 0.3) is 11.6 Å². The van der Waals surface area contributed by atoms with Crippen molar-refractivity contribution < 1.29 is 14.3 Å². The molecule has 3 rings (SSSR count). The van der Waals surface area contributed by atoms with Crippen molar-refractivity contribution in [3.63, 3.8) is 0 Å². The lowest BCUT2D eigenvalue weighted by Gasteiger charge is -2.07. The molecule has 0 saturated heterocycles. The van der Waals surface area contributed by atoms with E-state index in [1.54, 1.807) is 55.7 Å². The van der Waals surface area contributed by atoms with Gasteiger partial charge in [-0.15, -0.1) is 0 Å². The number of aryl methyl sites for hydroxylation is 1. The minimum absolute atomic E-state index is 0.408. The number of ether oxygens (including phenoxy) is 2. The second-order valence-corrected chi connectivity index (χ2v) is 6.18. The van der Waals surface area contributed by atoms with E-state index in [9.17, 15) is 10.1 Å². The van der Waals surface area contributed by atoms with Crippen LogP contribution in [-0.4, -0.2) is 13.1 Å². The highest BCUT2D eigenvalue weighted by atomic mass is 16.5. The first-order chi connectivity index (χ1) is 13.6. The Morgan fingerprint density at radius 2 is 1.71 bits per heavy atom. The van der Waals surface area contributed by atoms with E-state index >= 15 is 0 Å². The van der Waals surface area contributed by atoms with Crippen molar-refractivity contribution in [2.45, 2.75) is 6.92 Å². The van der Waals surface area contributed by atoms with Crippen molar-refractivity contribution in [2.24, 2.45) is 0 Å². The van der Waals surface area contributed by atoms with Crippen LogP contribution in [0.2, 0.25) is 0 Å². The fourth-order valence-corrected chi connectivity index (χ4v) is 2.75. The van der Waals surface area contributed by atoms with Crippen LogP contribution in [0, 0.1) is 18.3 Å². The van der Waals surface area contributed by atoms with Crippen LogP contribution >= 0.6 is 0 Å². The lowest BCUT2D eigenvalue weighted by atomic mass is 10.0. The summed E-state index contributed by atoms with van der Waals surface area (Å²) in [5, 5.41) is 9.53. The summed E-state index contributed by atoms with van der Waals surface area (Å²) in [6.45, 7) is 1.86. The third-order valence-corrected chi connectivity index (χ3v) is 4.27. The van der Waals surface area contributed by atoms with Gasteiger partial charge in [-0.3, -0.25) is 0 Å². The Bertz CT molecular complexity index is 1060. The third-order valence-electron chi connectivity index (χ3n) is 4.27. The van der Waals surface area contributed by atoms with Gasteiger partial charge in [0.15, 0.2) is 0 Å². The average Bonchev–Trinajstić information content (AvgIpc) is 2.72. The van der Waals surface area contributed by atoms with Gasteiger partial charge in [-0.2, -0.15) is 5.26 Å². The van der Waals surface area contributed by atoms with Crippen molar-refractivity contribution in [1.29, 1.82) is 5.26 Å². The molecule has 0 radical (unpaired) electrons. The molecule has 0 heterocycles. The number of hydrogen-bond donors (Lipinski definition) is 0. The Kier molecular flexibility index (Phi) is 5.88. The average molecular weight is 369 g/mol. The molecule has 3 aromatic carbocycles. The predicted molar refractivity (Wildman–Crippen MR) is 109 cm³/mol. The molecule has 0 N–H and O–H groups in total. The van der Waals surface area contributed by atoms with Gasteiger partial charge < -0.3 is 9.47 Å². The van der Waals surface area contributed by atoms with Crippen LogP contribution in [0.5, 0.6) is 11.5 Å². The van der Waals surface area contributed by atoms with Crippen LogP contribution in [0.3, 0.4) is 0 Å². The van der Waals surface area contributed by atoms with Crippen LogP contribution in [0.4, 0.5) is 0 Å². The van der Waals surface area contributed by atoms with E-state index in [0.29, 0.717) is 16.9 Å². The van der Waals surface area contributed by atoms with Crippen LogP contribution in [0.15, 0.2) is 72.8 Å². The highest BCUT2D eigenvalue weighted by molar-refractivity contribution is 5.93. The highest BCUT2D eigenvalue weighted by Gasteiger charge is 2.11. The van der Waals surface area contributed by atoms with Gasteiger partial charge in [0.2, 0.25) is 0 Å². The van der Waals surface area contributed by atoms with Gasteiger partial charge in [0.05, 0.1) is 24.3 Å². The van der Waals surface area contributed by atoms with Crippen LogP contribution in [-0.2, 0) is 0 Å². The number of methoxy groups -OCH3 is 1. The molecule has 0 unspecified atom stereocenters. The first-order valence-electron chi connectivity index (χ1n) is 8.75. The number of benzene rings is 3. The normalized spacial score (nSPS) is 10.8. The molecule has 0 spiro atoms. The first kappa shape index (κ1) is 18.9. The van der Waals surface area contributed by atoms with Crippen LogP contribution in [0.1, 0.15) is 27.0 Å². The van der Waals surface area contributed by atoms with E-state index in [-0.39, 0.29) is 0 Å². The standard InChI is InChI=1S/C24H19NO3/c1-17-6-3-4-9-23(17)24(26)28-22-8-5-7-18(15-22)14-20(16-25)19-10-12-21(27-2)13-11-19/h3-15H,1-2H3/b20-14-. The third kappa shape index (κ3) is 4.46. The van der Waals surface area contributed by atoms with Gasteiger partial charge in [-0.1, -0.05) is 30.3 Å². The fraction of sp³-hybridized carbons (Fsp3) is 0.0833. The summed E-state index contributed by atoms with van der Waals surface area (Å²) in [5.41, 5.74) is 3.44. The van der Waals surface area contributed by atoms with Gasteiger partial charge in [-0.25, -0.2) is 4.79 Å². The number of nitriles is 1. The number of carbonyl (C=O) groups is 1. The molecule has 138 valence electrons. The quantitative estimate of drug-likeness (QED) is 0.265. The minimum atomic E-state index is -0.408. The number of esters is 1. The van der Waals surface area contributed by atoms with Gasteiger partial charge >= 0.3 is 5.97 Å². The molecule has 3 aromatic rings. The Labute approximate surface area is 164 Å². The summed E-state index contributed by atoms with van der Waals surface area (Å²) < 4.78 is 10.7. The summed E-state index contributed by atoms with van der Waals surface area (Å²) in [5.74, 6) is 0.745. The number of hydrogen-bond acceptors (Lipinski definition) is 4. The Balaban J connectivity index is 1.83. The second-order valence-electron chi connectivity index (χ2n) is 6.18. The maximum Gasteiger partial charge on any atom is 0.343 e. The molecule has 0 aliphatic carbocycles. The maximum atomic E-state index is 12.4. The molecule has 0 bridgehead atoms. The van der Waals surface area contributed by atoms with E-state index < -0.39 is 5.97 Å². The molecule has 0 aromatic heterocycles. The SMILES string of the molecule is COc1ccc(/C(C#N)=C\c2cccc(OC(=O)c3ccccc3C)c2)cc1. The molecule has 0 aliphatic heterocycles. The van der Waals surface area contributed by atoms with Crippen molar-refractivity contribution in [1.82, 2.24) is 0 Å². The summed E-state index contributed by atoms with van der Waals surface area (Å²) >= 11 is 0. The molecule has 0 saturated carbocycles. The Hall–Kier alpha value is -3.84. The lowest BCUT2D eigenvalue weighted by molar-refractivity contribution is 0.0734. The van der Waals surface area contributed by atoms with Crippen molar-refractivity contribution in [3.05, 3.63) is 95.1 Å². The largest absolute Gasteiger partial charge is 0.497 e. The second kappa shape index (κ2) is 8.70. The maximum absolute atomic E-state index is 12.4. The van der Waals surface area contributed by atoms with Gasteiger partial charge in [0.1, 0.15) is 11.5 Å². The van der Waals surface area contributed by atoms with Crippen molar-refractivity contribution in [3.8, 4) is 17.6 Å². The topological polar surface area (TPSA) is 59.3 Å². The van der Waals surface area contributed by atoms with Crippen molar-refractivity contribution in [2.75, 3.05) is 7.11 Å². The number of rotatable bonds is 5. The molecule has 0 fully saturated rings. The minimum Gasteiger partial charge on any atom is -0.497 e. The van der Waals surface area contributed by atoms with E-state index in [1.807, 2.05) is 37.3 Å². The predicted octanol–water partition coefficient (Wildman–Crippen LogP) is 5.29. The molecular formula is C24H19NO3. The molecule has 0 amide bonds. The first-order valence-corrected chi connectivity index (χ1v) is 8.75. The van der Waals surface area contributed by atoms with Gasteiger partial charge in [0, 0.05) is 0 Å². The van der Waals surface area contributed by atoms with E-state index in [1.165, 1.54) is 0 Å². The van der Waals surface area contributed by atoms with Gasteiger partial charge in [-0.05, 0) is 72.2 Å². The molecular weight excluding hydrogens is 350 g/mol.